The minimum atomic E-state index is -0.107. The van der Waals surface area contributed by atoms with Gasteiger partial charge in [0.2, 0.25) is 11.8 Å². The first-order valence-electron chi connectivity index (χ1n) is 4.79. The van der Waals surface area contributed by atoms with E-state index in [1.54, 1.807) is 0 Å². The molecule has 0 saturated carbocycles. The molecule has 4 N–H and O–H groups in total. The topological polar surface area (TPSA) is 106 Å². The van der Waals surface area contributed by atoms with Crippen molar-refractivity contribution in [3.63, 3.8) is 0 Å². The van der Waals surface area contributed by atoms with Gasteiger partial charge in [0.1, 0.15) is 0 Å². The number of nitrogens with one attached hydrogen (secondary N) is 2. The Morgan fingerprint density at radius 1 is 1.53 bits per heavy atom. The van der Waals surface area contributed by atoms with Gasteiger partial charge in [0, 0.05) is 6.54 Å². The largest absolute Gasteiger partial charge is 0.407 e. The molecule has 0 aromatic carbocycles. The second-order valence-electron chi connectivity index (χ2n) is 2.91. The fraction of sp³-hybridized carbons (Fsp3) is 0.625. The van der Waals surface area contributed by atoms with E-state index in [-0.39, 0.29) is 25.0 Å². The fourth-order valence-electron chi connectivity index (χ4n) is 0.890. The lowest BCUT2D eigenvalue weighted by atomic mass is 10.4. The highest BCUT2D eigenvalue weighted by Gasteiger charge is 2.05. The second-order valence-corrected chi connectivity index (χ2v) is 2.91. The van der Waals surface area contributed by atoms with E-state index in [1.165, 1.54) is 0 Å². The van der Waals surface area contributed by atoms with Gasteiger partial charge in [0.05, 0.1) is 13.1 Å². The molecule has 0 fully saturated rings. The van der Waals surface area contributed by atoms with E-state index in [4.69, 9.17) is 10.2 Å². The van der Waals surface area contributed by atoms with Crippen LogP contribution in [0.2, 0.25) is 0 Å². The minimum Gasteiger partial charge on any atom is -0.407 e. The number of anilines is 1. The summed E-state index contributed by atoms with van der Waals surface area (Å²) in [7, 11) is 0. The lowest BCUT2D eigenvalue weighted by Crippen LogP contribution is -2.30. The summed E-state index contributed by atoms with van der Waals surface area (Å²) in [5.41, 5.74) is 5.28. The van der Waals surface area contributed by atoms with E-state index < -0.39 is 0 Å². The van der Waals surface area contributed by atoms with Gasteiger partial charge in [-0.3, -0.25) is 4.79 Å². The predicted octanol–water partition coefficient (Wildman–Crippen LogP) is -0.534. The van der Waals surface area contributed by atoms with E-state index in [1.807, 2.05) is 6.92 Å². The van der Waals surface area contributed by atoms with Gasteiger partial charge in [-0.25, -0.2) is 0 Å². The predicted molar refractivity (Wildman–Crippen MR) is 54.0 cm³/mol. The molecule has 0 spiro atoms. The van der Waals surface area contributed by atoms with Gasteiger partial charge in [-0.1, -0.05) is 12.0 Å². The number of carbonyl (C=O) groups is 1. The molecule has 1 rings (SSSR count). The number of amides is 1. The first kappa shape index (κ1) is 11.4. The van der Waals surface area contributed by atoms with Crippen LogP contribution in [0.3, 0.4) is 0 Å². The molecule has 1 amide bonds. The molecule has 1 aromatic rings. The van der Waals surface area contributed by atoms with Crippen LogP contribution in [0.5, 0.6) is 0 Å². The summed E-state index contributed by atoms with van der Waals surface area (Å²) >= 11 is 0. The van der Waals surface area contributed by atoms with Gasteiger partial charge >= 0.3 is 6.01 Å². The number of carbonyl (C=O) groups excluding carboxylic acids is 1. The molecule has 0 unspecified atom stereocenters. The lowest BCUT2D eigenvalue weighted by molar-refractivity contribution is -0.119. The third-order valence-corrected chi connectivity index (χ3v) is 1.61. The van der Waals surface area contributed by atoms with E-state index in [0.717, 1.165) is 6.42 Å². The molecular formula is C8H15N5O2. The Hall–Kier alpha value is -1.63. The van der Waals surface area contributed by atoms with Crippen LogP contribution < -0.4 is 16.4 Å². The first-order chi connectivity index (χ1) is 7.26. The van der Waals surface area contributed by atoms with Crippen LogP contribution in [0.25, 0.3) is 0 Å². The Morgan fingerprint density at radius 3 is 2.93 bits per heavy atom. The highest BCUT2D eigenvalue weighted by Crippen LogP contribution is 2.03. The molecule has 15 heavy (non-hydrogen) atoms. The molecule has 7 nitrogen and oxygen atoms in total. The molecule has 0 aliphatic carbocycles. The third kappa shape index (κ3) is 3.94. The molecule has 1 aromatic heterocycles. The molecule has 1 heterocycles. The van der Waals surface area contributed by atoms with Crippen LogP contribution in [0.4, 0.5) is 6.01 Å². The molecule has 0 saturated heterocycles. The van der Waals surface area contributed by atoms with Crippen LogP contribution in [-0.4, -0.2) is 29.2 Å². The van der Waals surface area contributed by atoms with Crippen molar-refractivity contribution >= 4 is 11.9 Å². The summed E-state index contributed by atoms with van der Waals surface area (Å²) in [5, 5.41) is 12.7. The van der Waals surface area contributed by atoms with Crippen molar-refractivity contribution < 1.29 is 9.21 Å². The maximum atomic E-state index is 11.2. The molecule has 0 radical (unpaired) electrons. The second kappa shape index (κ2) is 5.97. The van der Waals surface area contributed by atoms with E-state index in [0.29, 0.717) is 12.4 Å². The zero-order valence-corrected chi connectivity index (χ0v) is 8.62. The van der Waals surface area contributed by atoms with Crippen molar-refractivity contribution in [3.8, 4) is 0 Å². The van der Waals surface area contributed by atoms with Crippen molar-refractivity contribution in [2.24, 2.45) is 5.73 Å². The molecule has 7 heteroatoms. The van der Waals surface area contributed by atoms with E-state index in [9.17, 15) is 4.79 Å². The quantitative estimate of drug-likeness (QED) is 0.586. The highest BCUT2D eigenvalue weighted by atomic mass is 16.4. The average molecular weight is 213 g/mol. The first-order valence-corrected chi connectivity index (χ1v) is 4.79. The molecule has 0 aliphatic rings. The summed E-state index contributed by atoms with van der Waals surface area (Å²) in [6, 6.07) is 0.210. The summed E-state index contributed by atoms with van der Waals surface area (Å²) in [5.74, 6) is 0.232. The van der Waals surface area contributed by atoms with Crippen molar-refractivity contribution in [1.29, 1.82) is 0 Å². The number of rotatable bonds is 6. The van der Waals surface area contributed by atoms with Crippen LogP contribution in [-0.2, 0) is 11.3 Å². The van der Waals surface area contributed by atoms with Crippen LogP contribution in [0.15, 0.2) is 4.42 Å². The summed E-state index contributed by atoms with van der Waals surface area (Å²) in [6.45, 7) is 2.96. The Morgan fingerprint density at radius 2 is 2.33 bits per heavy atom. The summed E-state index contributed by atoms with van der Waals surface area (Å²) in [6.07, 6.45) is 0.906. The van der Waals surface area contributed by atoms with Gasteiger partial charge < -0.3 is 20.8 Å². The Labute approximate surface area is 87.4 Å². The number of hydrogen-bond donors (Lipinski definition) is 3. The highest BCUT2D eigenvalue weighted by molar-refractivity contribution is 5.79. The van der Waals surface area contributed by atoms with Gasteiger partial charge in [0.15, 0.2) is 0 Å². The zero-order chi connectivity index (χ0) is 11.1. The van der Waals surface area contributed by atoms with E-state index in [2.05, 4.69) is 20.8 Å². The van der Waals surface area contributed by atoms with Crippen molar-refractivity contribution in [2.75, 3.05) is 18.4 Å². The normalized spacial score (nSPS) is 10.0. The van der Waals surface area contributed by atoms with Crippen LogP contribution >= 0.6 is 0 Å². The maximum Gasteiger partial charge on any atom is 0.315 e. The average Bonchev–Trinajstić information content (AvgIpc) is 2.71. The van der Waals surface area contributed by atoms with Crippen molar-refractivity contribution in [1.82, 2.24) is 15.5 Å². The number of aromatic nitrogens is 2. The van der Waals surface area contributed by atoms with Crippen LogP contribution in [0, 0.1) is 0 Å². The number of nitrogens with two attached hydrogens (primary N) is 1. The molecule has 0 aliphatic heterocycles. The van der Waals surface area contributed by atoms with E-state index >= 15 is 0 Å². The standard InChI is InChI=1S/C8H15N5O2/c1-2-3-10-6(14)5-11-8-13-12-7(4-9)15-8/h2-5,9H2,1H3,(H,10,14)(H,11,13). The number of nitrogens with zero attached hydrogens (tertiary/aromatic N) is 2. The zero-order valence-electron chi connectivity index (χ0n) is 8.62. The Balaban J connectivity index is 2.27. The van der Waals surface area contributed by atoms with Crippen LogP contribution in [0.1, 0.15) is 19.2 Å². The van der Waals surface area contributed by atoms with Gasteiger partial charge in [-0.2, -0.15) is 0 Å². The van der Waals surface area contributed by atoms with Crippen molar-refractivity contribution in [2.45, 2.75) is 19.9 Å². The summed E-state index contributed by atoms with van der Waals surface area (Å²) in [4.78, 5) is 11.2. The lowest BCUT2D eigenvalue weighted by Gasteiger charge is -2.02. The fourth-order valence-corrected chi connectivity index (χ4v) is 0.890. The van der Waals surface area contributed by atoms with Gasteiger partial charge in [-0.15, -0.1) is 5.10 Å². The molecule has 84 valence electrons. The monoisotopic (exact) mass is 213 g/mol. The number of hydrogen-bond acceptors (Lipinski definition) is 6. The smallest absolute Gasteiger partial charge is 0.315 e. The SMILES string of the molecule is CCCNC(=O)CNc1nnc(CN)o1. The third-order valence-electron chi connectivity index (χ3n) is 1.61. The Bertz CT molecular complexity index is 312. The Kier molecular flexibility index (Phi) is 4.55. The summed E-state index contributed by atoms with van der Waals surface area (Å²) < 4.78 is 5.05. The van der Waals surface area contributed by atoms with Gasteiger partial charge in [0.25, 0.3) is 0 Å². The minimum absolute atomic E-state index is 0.107. The van der Waals surface area contributed by atoms with Gasteiger partial charge in [-0.05, 0) is 6.42 Å². The molecule has 0 bridgehead atoms. The van der Waals surface area contributed by atoms with Crippen molar-refractivity contribution in [3.05, 3.63) is 5.89 Å². The molecule has 0 atom stereocenters. The maximum absolute atomic E-state index is 11.2. The molecular weight excluding hydrogens is 198 g/mol.